The fourth-order valence-electron chi connectivity index (χ4n) is 1.97. The van der Waals surface area contributed by atoms with Crippen LogP contribution in [0.15, 0.2) is 35.3 Å². The molecule has 1 aromatic carbocycles. The summed E-state index contributed by atoms with van der Waals surface area (Å²) < 4.78 is 10.2. The molecule has 2 amide bonds. The number of carbonyl (C=O) groups excluding carboxylic acids is 2. The van der Waals surface area contributed by atoms with Gasteiger partial charge in [0.1, 0.15) is 12.2 Å². The molecule has 28 heavy (non-hydrogen) atoms. The van der Waals surface area contributed by atoms with E-state index in [0.717, 1.165) is 5.56 Å². The molecule has 0 aliphatic carbocycles. The third-order valence-corrected chi connectivity index (χ3v) is 3.20. The summed E-state index contributed by atoms with van der Waals surface area (Å²) in [5.41, 5.74) is 6.13. The Morgan fingerprint density at radius 2 is 1.64 bits per heavy atom. The maximum Gasteiger partial charge on any atom is 0.407 e. The predicted octanol–water partition coefficient (Wildman–Crippen LogP) is 1.73. The Morgan fingerprint density at radius 1 is 1.00 bits per heavy atom. The summed E-state index contributed by atoms with van der Waals surface area (Å²) in [6, 6.07) is 9.46. The molecule has 9 heteroatoms. The normalized spacial score (nSPS) is 11.5. The van der Waals surface area contributed by atoms with Crippen LogP contribution in [0, 0.1) is 0 Å². The topological polar surface area (TPSA) is 127 Å². The van der Waals surface area contributed by atoms with Crippen LogP contribution in [0.2, 0.25) is 0 Å². The summed E-state index contributed by atoms with van der Waals surface area (Å²) >= 11 is 0. The Hall–Kier alpha value is -2.97. The smallest absolute Gasteiger partial charge is 0.407 e. The predicted molar refractivity (Wildman–Crippen MR) is 108 cm³/mol. The average Bonchev–Trinajstić information content (AvgIpc) is 2.62. The standard InChI is InChI=1S/C19H31N5O4/c1-19(2,3)28-18(26)24-13-12-22-16(20)21-10-7-11-23-17(25)27-14-15-8-5-4-6-9-15/h4-6,8-9H,7,10-14H2,1-3H3,(H,23,25)(H,24,26)(H3,20,21,22). The SMILES string of the molecule is CC(C)(C)OC(=O)NCCNC(N)=NCCCNC(=O)OCc1ccccc1. The third-order valence-electron chi connectivity index (χ3n) is 3.20. The number of nitrogens with two attached hydrogens (primary N) is 1. The molecule has 0 aliphatic heterocycles. The summed E-state index contributed by atoms with van der Waals surface area (Å²) in [6.07, 6.45) is -0.318. The minimum absolute atomic E-state index is 0.235. The highest BCUT2D eigenvalue weighted by Gasteiger charge is 2.15. The number of guanidine groups is 1. The minimum atomic E-state index is -0.528. The number of benzene rings is 1. The van der Waals surface area contributed by atoms with E-state index in [-0.39, 0.29) is 12.6 Å². The van der Waals surface area contributed by atoms with Crippen molar-refractivity contribution in [1.29, 1.82) is 0 Å². The Bertz CT molecular complexity index is 629. The lowest BCUT2D eigenvalue weighted by Crippen LogP contribution is -2.40. The molecule has 1 aromatic rings. The van der Waals surface area contributed by atoms with Gasteiger partial charge < -0.3 is 31.2 Å². The molecule has 0 unspecified atom stereocenters. The van der Waals surface area contributed by atoms with Crippen molar-refractivity contribution < 1.29 is 19.1 Å². The van der Waals surface area contributed by atoms with E-state index in [1.54, 1.807) is 20.8 Å². The summed E-state index contributed by atoms with van der Waals surface area (Å²) in [5, 5.41) is 8.15. The fourth-order valence-corrected chi connectivity index (χ4v) is 1.97. The van der Waals surface area contributed by atoms with Gasteiger partial charge in [-0.3, -0.25) is 4.99 Å². The molecule has 0 heterocycles. The van der Waals surface area contributed by atoms with Crippen molar-refractivity contribution in [3.05, 3.63) is 35.9 Å². The van der Waals surface area contributed by atoms with Gasteiger partial charge in [-0.25, -0.2) is 9.59 Å². The fraction of sp³-hybridized carbons (Fsp3) is 0.526. The van der Waals surface area contributed by atoms with E-state index in [0.29, 0.717) is 32.6 Å². The van der Waals surface area contributed by atoms with Crippen molar-refractivity contribution in [3.63, 3.8) is 0 Å². The lowest BCUT2D eigenvalue weighted by Gasteiger charge is -2.19. The summed E-state index contributed by atoms with van der Waals surface area (Å²) in [5.74, 6) is 0.276. The van der Waals surface area contributed by atoms with Gasteiger partial charge in [0.25, 0.3) is 0 Å². The van der Waals surface area contributed by atoms with E-state index in [1.807, 2.05) is 30.3 Å². The van der Waals surface area contributed by atoms with Crippen LogP contribution < -0.4 is 21.7 Å². The number of hydrogen-bond donors (Lipinski definition) is 4. The molecule has 0 saturated carbocycles. The molecule has 5 N–H and O–H groups in total. The zero-order chi connectivity index (χ0) is 20.8. The van der Waals surface area contributed by atoms with Gasteiger partial charge in [0, 0.05) is 26.2 Å². The average molecular weight is 393 g/mol. The van der Waals surface area contributed by atoms with Crippen molar-refractivity contribution in [1.82, 2.24) is 16.0 Å². The van der Waals surface area contributed by atoms with Gasteiger partial charge in [0.05, 0.1) is 0 Å². The highest BCUT2D eigenvalue weighted by Crippen LogP contribution is 2.06. The van der Waals surface area contributed by atoms with E-state index in [2.05, 4.69) is 20.9 Å². The molecular weight excluding hydrogens is 362 g/mol. The van der Waals surface area contributed by atoms with Gasteiger partial charge in [0.2, 0.25) is 0 Å². The van der Waals surface area contributed by atoms with E-state index in [4.69, 9.17) is 15.2 Å². The van der Waals surface area contributed by atoms with Crippen molar-refractivity contribution in [2.75, 3.05) is 26.2 Å². The van der Waals surface area contributed by atoms with E-state index in [9.17, 15) is 9.59 Å². The zero-order valence-electron chi connectivity index (χ0n) is 16.8. The molecule has 0 saturated heterocycles. The number of ether oxygens (including phenoxy) is 2. The Labute approximate surface area is 166 Å². The molecule has 0 spiro atoms. The van der Waals surface area contributed by atoms with Gasteiger partial charge in [-0.15, -0.1) is 0 Å². The first-order valence-corrected chi connectivity index (χ1v) is 9.21. The van der Waals surface area contributed by atoms with Crippen molar-refractivity contribution in [3.8, 4) is 0 Å². The Morgan fingerprint density at radius 3 is 2.32 bits per heavy atom. The second-order valence-corrected chi connectivity index (χ2v) is 6.96. The molecule has 0 fully saturated rings. The van der Waals surface area contributed by atoms with E-state index < -0.39 is 17.8 Å². The maximum absolute atomic E-state index is 11.6. The van der Waals surface area contributed by atoms with Crippen molar-refractivity contribution >= 4 is 18.1 Å². The summed E-state index contributed by atoms with van der Waals surface area (Å²) in [4.78, 5) is 27.2. The minimum Gasteiger partial charge on any atom is -0.445 e. The molecule has 0 aromatic heterocycles. The van der Waals surface area contributed by atoms with Crippen LogP contribution in [0.1, 0.15) is 32.8 Å². The number of carbonyl (C=O) groups is 2. The van der Waals surface area contributed by atoms with Gasteiger partial charge >= 0.3 is 12.2 Å². The van der Waals surface area contributed by atoms with Gasteiger partial charge in [-0.05, 0) is 32.8 Å². The lowest BCUT2D eigenvalue weighted by molar-refractivity contribution is 0.0529. The molecule has 156 valence electrons. The van der Waals surface area contributed by atoms with Gasteiger partial charge in [-0.2, -0.15) is 0 Å². The Kier molecular flexibility index (Phi) is 10.2. The Balaban J connectivity index is 2.03. The lowest BCUT2D eigenvalue weighted by atomic mass is 10.2. The van der Waals surface area contributed by atoms with Crippen LogP contribution >= 0.6 is 0 Å². The monoisotopic (exact) mass is 393 g/mol. The van der Waals surface area contributed by atoms with Crippen LogP contribution in [0.4, 0.5) is 9.59 Å². The molecule has 0 radical (unpaired) electrons. The number of rotatable bonds is 9. The number of hydrogen-bond acceptors (Lipinski definition) is 5. The van der Waals surface area contributed by atoms with Gasteiger partial charge in [0.15, 0.2) is 5.96 Å². The number of nitrogens with one attached hydrogen (secondary N) is 3. The molecule has 0 atom stereocenters. The first-order valence-electron chi connectivity index (χ1n) is 9.21. The van der Waals surface area contributed by atoms with Crippen LogP contribution in [0.3, 0.4) is 0 Å². The van der Waals surface area contributed by atoms with Crippen LogP contribution in [-0.2, 0) is 16.1 Å². The zero-order valence-corrected chi connectivity index (χ0v) is 16.8. The first kappa shape index (κ1) is 23.1. The molecule has 1 rings (SSSR count). The van der Waals surface area contributed by atoms with Crippen molar-refractivity contribution in [2.45, 2.75) is 39.4 Å². The van der Waals surface area contributed by atoms with Crippen LogP contribution in [0.5, 0.6) is 0 Å². The van der Waals surface area contributed by atoms with E-state index >= 15 is 0 Å². The number of nitrogens with zero attached hydrogens (tertiary/aromatic N) is 1. The molecule has 9 nitrogen and oxygen atoms in total. The maximum atomic E-state index is 11.6. The van der Waals surface area contributed by atoms with Crippen LogP contribution in [0.25, 0.3) is 0 Å². The quantitative estimate of drug-likeness (QED) is 0.287. The second kappa shape index (κ2) is 12.4. The van der Waals surface area contributed by atoms with Crippen molar-refractivity contribution in [2.24, 2.45) is 10.7 Å². The number of aliphatic imine (C=N–C) groups is 1. The highest BCUT2D eigenvalue weighted by molar-refractivity contribution is 5.77. The third kappa shape index (κ3) is 12.4. The second-order valence-electron chi connectivity index (χ2n) is 6.96. The summed E-state index contributed by atoms with van der Waals surface area (Å²) in [6.45, 7) is 7.31. The van der Waals surface area contributed by atoms with Gasteiger partial charge in [-0.1, -0.05) is 30.3 Å². The highest BCUT2D eigenvalue weighted by atomic mass is 16.6. The van der Waals surface area contributed by atoms with E-state index in [1.165, 1.54) is 0 Å². The molecular formula is C19H31N5O4. The number of amides is 2. The largest absolute Gasteiger partial charge is 0.445 e. The first-order chi connectivity index (χ1) is 13.3. The van der Waals surface area contributed by atoms with Crippen LogP contribution in [-0.4, -0.2) is 49.9 Å². The summed E-state index contributed by atoms with van der Waals surface area (Å²) in [7, 11) is 0. The number of alkyl carbamates (subject to hydrolysis) is 2. The molecule has 0 aliphatic rings. The molecule has 0 bridgehead atoms.